The van der Waals surface area contributed by atoms with Crippen LogP contribution in [0, 0.1) is 5.41 Å². The number of thioether (sulfide) groups is 1. The topological polar surface area (TPSA) is 115 Å². The van der Waals surface area contributed by atoms with Crippen molar-refractivity contribution >= 4 is 29.5 Å². The van der Waals surface area contributed by atoms with Crippen molar-refractivity contribution in [2.45, 2.75) is 25.8 Å². The molecule has 1 fully saturated rings. The zero-order valence-corrected chi connectivity index (χ0v) is 10.5. The lowest BCUT2D eigenvalue weighted by atomic mass is 10.1. The highest BCUT2D eigenvalue weighted by Crippen LogP contribution is 2.48. The molecule has 5 N–H and O–H groups in total. The molecule has 17 heavy (non-hydrogen) atoms. The molecule has 7 heteroatoms. The van der Waals surface area contributed by atoms with E-state index in [9.17, 15) is 14.4 Å². The third-order valence-corrected chi connectivity index (χ3v) is 3.98. The first-order valence-electron chi connectivity index (χ1n) is 5.34. The van der Waals surface area contributed by atoms with Crippen molar-refractivity contribution in [2.24, 2.45) is 16.9 Å². The van der Waals surface area contributed by atoms with Crippen LogP contribution in [-0.2, 0) is 14.4 Å². The zero-order valence-electron chi connectivity index (χ0n) is 9.69. The van der Waals surface area contributed by atoms with Gasteiger partial charge in [-0.05, 0) is 19.8 Å². The highest BCUT2D eigenvalue weighted by atomic mass is 32.2. The van der Waals surface area contributed by atoms with Gasteiger partial charge in [-0.3, -0.25) is 14.4 Å². The molecule has 1 aliphatic carbocycles. The van der Waals surface area contributed by atoms with Crippen LogP contribution in [0.3, 0.4) is 0 Å². The first-order valence-corrected chi connectivity index (χ1v) is 6.49. The smallest absolute Gasteiger partial charge is 0.239 e. The summed E-state index contributed by atoms with van der Waals surface area (Å²) in [6.07, 6.45) is 1.55. The van der Waals surface area contributed by atoms with E-state index in [1.165, 1.54) is 11.8 Å². The summed E-state index contributed by atoms with van der Waals surface area (Å²) in [5.41, 5.74) is 9.64. The molecule has 0 radical (unpaired) electrons. The van der Waals surface area contributed by atoms with E-state index in [0.29, 0.717) is 5.75 Å². The Morgan fingerprint density at radius 2 is 1.94 bits per heavy atom. The molecule has 0 aromatic heterocycles. The van der Waals surface area contributed by atoms with Crippen molar-refractivity contribution in [3.05, 3.63) is 0 Å². The Balaban J connectivity index is 2.40. The van der Waals surface area contributed by atoms with Crippen LogP contribution in [0.1, 0.15) is 19.8 Å². The third-order valence-electron chi connectivity index (χ3n) is 2.73. The Labute approximate surface area is 104 Å². The van der Waals surface area contributed by atoms with Crippen LogP contribution in [0.2, 0.25) is 0 Å². The minimum absolute atomic E-state index is 0.166. The molecular formula is C10H17N3O3S. The van der Waals surface area contributed by atoms with Gasteiger partial charge in [-0.1, -0.05) is 0 Å². The van der Waals surface area contributed by atoms with Gasteiger partial charge in [-0.15, -0.1) is 0 Å². The molecule has 1 atom stereocenters. The summed E-state index contributed by atoms with van der Waals surface area (Å²) >= 11 is 1.34. The number of carbonyl (C=O) groups excluding carboxylic acids is 3. The SMILES string of the molecule is C[C@H](NC(=O)C1(CSCC(N)=O)CC1)C(N)=O. The maximum Gasteiger partial charge on any atom is 0.239 e. The normalized spacial score (nSPS) is 18.2. The molecule has 6 nitrogen and oxygen atoms in total. The molecule has 96 valence electrons. The third kappa shape index (κ3) is 3.92. The molecule has 1 aliphatic rings. The molecule has 0 aromatic rings. The number of nitrogens with two attached hydrogens (primary N) is 2. The van der Waals surface area contributed by atoms with Crippen LogP contribution in [-0.4, -0.2) is 35.3 Å². The van der Waals surface area contributed by atoms with Crippen molar-refractivity contribution in [3.8, 4) is 0 Å². The number of nitrogens with one attached hydrogen (secondary N) is 1. The first-order chi connectivity index (χ1) is 7.87. The Hall–Kier alpha value is -1.24. The maximum atomic E-state index is 11.9. The summed E-state index contributed by atoms with van der Waals surface area (Å²) in [5.74, 6) is -0.357. The lowest BCUT2D eigenvalue weighted by Gasteiger charge is -2.17. The summed E-state index contributed by atoms with van der Waals surface area (Å²) in [5, 5.41) is 2.58. The van der Waals surface area contributed by atoms with Crippen LogP contribution >= 0.6 is 11.8 Å². The van der Waals surface area contributed by atoms with Crippen molar-refractivity contribution in [2.75, 3.05) is 11.5 Å². The molecule has 1 saturated carbocycles. The Kier molecular flexibility index (Phi) is 4.39. The second-order valence-electron chi connectivity index (χ2n) is 4.34. The van der Waals surface area contributed by atoms with Gasteiger partial charge in [0, 0.05) is 5.75 Å². The van der Waals surface area contributed by atoms with E-state index in [0.717, 1.165) is 12.8 Å². The maximum absolute atomic E-state index is 11.9. The number of hydrogen-bond donors (Lipinski definition) is 3. The minimum atomic E-state index is -0.666. The fourth-order valence-electron chi connectivity index (χ4n) is 1.36. The van der Waals surface area contributed by atoms with Gasteiger partial charge >= 0.3 is 0 Å². The Bertz CT molecular complexity index is 342. The predicted octanol–water partition coefficient (Wildman–Crippen LogP) is -1.02. The average Bonchev–Trinajstić information content (AvgIpc) is 2.98. The van der Waals surface area contributed by atoms with Crippen molar-refractivity contribution in [3.63, 3.8) is 0 Å². The van der Waals surface area contributed by atoms with Gasteiger partial charge in [-0.25, -0.2) is 0 Å². The van der Waals surface area contributed by atoms with Crippen molar-refractivity contribution < 1.29 is 14.4 Å². The molecule has 0 bridgehead atoms. The van der Waals surface area contributed by atoms with E-state index in [2.05, 4.69) is 5.32 Å². The van der Waals surface area contributed by atoms with E-state index >= 15 is 0 Å². The zero-order chi connectivity index (χ0) is 13.1. The van der Waals surface area contributed by atoms with E-state index in [1.807, 2.05) is 0 Å². The van der Waals surface area contributed by atoms with E-state index in [-0.39, 0.29) is 11.7 Å². The van der Waals surface area contributed by atoms with Gasteiger partial charge in [0.15, 0.2) is 0 Å². The lowest BCUT2D eigenvalue weighted by molar-refractivity contribution is -0.130. The lowest BCUT2D eigenvalue weighted by Crippen LogP contribution is -2.45. The molecule has 3 amide bonds. The van der Waals surface area contributed by atoms with Gasteiger partial charge < -0.3 is 16.8 Å². The summed E-state index contributed by atoms with van der Waals surface area (Å²) < 4.78 is 0. The second kappa shape index (κ2) is 5.39. The quantitative estimate of drug-likeness (QED) is 0.542. The van der Waals surface area contributed by atoms with Gasteiger partial charge in [-0.2, -0.15) is 11.8 Å². The standard InChI is InChI=1S/C10H17N3O3S/c1-6(8(12)15)13-9(16)10(2-3-10)5-17-4-7(11)14/h6H,2-5H2,1H3,(H2,11,14)(H2,12,15)(H,13,16)/t6-/m0/s1. The van der Waals surface area contributed by atoms with Crippen LogP contribution in [0.15, 0.2) is 0 Å². The molecule has 0 aromatic carbocycles. The van der Waals surface area contributed by atoms with Crippen LogP contribution in [0.5, 0.6) is 0 Å². The molecule has 1 rings (SSSR count). The molecule has 0 aliphatic heterocycles. The monoisotopic (exact) mass is 259 g/mol. The van der Waals surface area contributed by atoms with Crippen LogP contribution in [0.4, 0.5) is 0 Å². The van der Waals surface area contributed by atoms with E-state index in [4.69, 9.17) is 11.5 Å². The molecule has 0 unspecified atom stereocenters. The van der Waals surface area contributed by atoms with Gasteiger partial charge in [0.2, 0.25) is 17.7 Å². The average molecular weight is 259 g/mol. The molecule has 0 saturated heterocycles. The highest BCUT2D eigenvalue weighted by Gasteiger charge is 2.49. The van der Waals surface area contributed by atoms with Gasteiger partial charge in [0.25, 0.3) is 0 Å². The predicted molar refractivity (Wildman–Crippen MR) is 65.0 cm³/mol. The summed E-state index contributed by atoms with van der Waals surface area (Å²) in [6.45, 7) is 1.55. The molecular weight excluding hydrogens is 242 g/mol. The minimum Gasteiger partial charge on any atom is -0.369 e. The second-order valence-corrected chi connectivity index (χ2v) is 5.32. The van der Waals surface area contributed by atoms with Crippen LogP contribution in [0.25, 0.3) is 0 Å². The highest BCUT2D eigenvalue weighted by molar-refractivity contribution is 8.00. The van der Waals surface area contributed by atoms with Gasteiger partial charge in [0.1, 0.15) is 6.04 Å². The summed E-state index contributed by atoms with van der Waals surface area (Å²) in [7, 11) is 0. The Morgan fingerprint density at radius 1 is 1.35 bits per heavy atom. The fraction of sp³-hybridized carbons (Fsp3) is 0.700. The summed E-state index contributed by atoms with van der Waals surface area (Å²) in [4.78, 5) is 33.3. The number of carbonyl (C=O) groups is 3. The summed E-state index contributed by atoms with van der Waals surface area (Å²) in [6, 6.07) is -0.666. The number of primary amides is 2. The van der Waals surface area contributed by atoms with Crippen molar-refractivity contribution in [1.29, 1.82) is 0 Å². The first kappa shape index (κ1) is 13.8. The molecule has 0 spiro atoms. The largest absolute Gasteiger partial charge is 0.369 e. The van der Waals surface area contributed by atoms with E-state index < -0.39 is 23.3 Å². The number of rotatable bonds is 7. The fourth-order valence-corrected chi connectivity index (χ4v) is 2.47. The Morgan fingerprint density at radius 3 is 2.35 bits per heavy atom. The van der Waals surface area contributed by atoms with Crippen LogP contribution < -0.4 is 16.8 Å². The van der Waals surface area contributed by atoms with E-state index in [1.54, 1.807) is 6.92 Å². The van der Waals surface area contributed by atoms with Crippen molar-refractivity contribution in [1.82, 2.24) is 5.32 Å². The van der Waals surface area contributed by atoms with Gasteiger partial charge in [0.05, 0.1) is 11.2 Å². The number of amides is 3. The molecule has 0 heterocycles. The number of hydrogen-bond acceptors (Lipinski definition) is 4.